The van der Waals surface area contributed by atoms with E-state index < -0.39 is 0 Å². The van der Waals surface area contributed by atoms with E-state index in [0.29, 0.717) is 11.1 Å². The molecule has 0 fully saturated rings. The predicted octanol–water partition coefficient (Wildman–Crippen LogP) is 3.58. The first-order valence-electron chi connectivity index (χ1n) is 6.14. The highest BCUT2D eigenvalue weighted by molar-refractivity contribution is 6.10. The van der Waals surface area contributed by atoms with E-state index in [4.69, 9.17) is 0 Å². The normalized spacial score (nSPS) is 10.3. The summed E-state index contributed by atoms with van der Waals surface area (Å²) in [6, 6.07) is 14.4. The molecule has 2 nitrogen and oxygen atoms in total. The van der Waals surface area contributed by atoms with Crippen LogP contribution >= 0.6 is 0 Å². The van der Waals surface area contributed by atoms with Gasteiger partial charge in [-0.1, -0.05) is 55.8 Å². The molecule has 0 saturated heterocycles. The first-order valence-corrected chi connectivity index (χ1v) is 6.14. The van der Waals surface area contributed by atoms with Gasteiger partial charge < -0.3 is 5.11 Å². The lowest BCUT2D eigenvalue weighted by Crippen LogP contribution is -2.02. The maximum Gasteiger partial charge on any atom is 0.196 e. The minimum atomic E-state index is -0.133. The number of phenols is 1. The molecular weight excluding hydrogens is 224 g/mol. The van der Waals surface area contributed by atoms with Crippen LogP contribution in [0.2, 0.25) is 0 Å². The number of carbonyl (C=O) groups is 1. The molecule has 0 atom stereocenters. The number of carbonyl (C=O) groups excluding carboxylic acids is 1. The standard InChI is InChI=1S/C16H16O2/c1-2-7-12-10-6-11-14(15(12)17)16(18)13-8-4-3-5-9-13/h3-6,8-11,17H,2,7H2,1H3. The van der Waals surface area contributed by atoms with Crippen molar-refractivity contribution in [3.05, 3.63) is 65.2 Å². The summed E-state index contributed by atoms with van der Waals surface area (Å²) in [5.74, 6) is -0.0146. The van der Waals surface area contributed by atoms with E-state index in [1.165, 1.54) is 0 Å². The van der Waals surface area contributed by atoms with E-state index in [0.717, 1.165) is 18.4 Å². The zero-order valence-corrected chi connectivity index (χ0v) is 10.4. The number of para-hydroxylation sites is 1. The van der Waals surface area contributed by atoms with Crippen LogP contribution in [0, 0.1) is 0 Å². The Bertz CT molecular complexity index is 544. The van der Waals surface area contributed by atoms with Crippen molar-refractivity contribution < 1.29 is 9.90 Å². The van der Waals surface area contributed by atoms with Crippen LogP contribution in [-0.2, 0) is 6.42 Å². The maximum atomic E-state index is 12.3. The van der Waals surface area contributed by atoms with Crippen LogP contribution in [0.15, 0.2) is 48.5 Å². The predicted molar refractivity (Wildman–Crippen MR) is 72.0 cm³/mol. The summed E-state index contributed by atoms with van der Waals surface area (Å²) in [4.78, 5) is 12.3. The molecule has 0 spiro atoms. The Labute approximate surface area is 107 Å². The second-order valence-electron chi connectivity index (χ2n) is 4.26. The number of benzene rings is 2. The topological polar surface area (TPSA) is 37.3 Å². The number of rotatable bonds is 4. The fraction of sp³-hybridized carbons (Fsp3) is 0.188. The molecule has 0 heterocycles. The van der Waals surface area contributed by atoms with Gasteiger partial charge in [0.2, 0.25) is 0 Å². The second kappa shape index (κ2) is 5.50. The highest BCUT2D eigenvalue weighted by Crippen LogP contribution is 2.25. The Morgan fingerprint density at radius 1 is 1.06 bits per heavy atom. The van der Waals surface area contributed by atoms with Crippen molar-refractivity contribution in [1.29, 1.82) is 0 Å². The molecule has 0 saturated carbocycles. The van der Waals surface area contributed by atoms with Gasteiger partial charge in [-0.15, -0.1) is 0 Å². The van der Waals surface area contributed by atoms with Gasteiger partial charge in [0.1, 0.15) is 5.75 Å². The van der Waals surface area contributed by atoms with Gasteiger partial charge in [-0.25, -0.2) is 0 Å². The Morgan fingerprint density at radius 2 is 1.78 bits per heavy atom. The fourth-order valence-electron chi connectivity index (χ4n) is 1.99. The minimum Gasteiger partial charge on any atom is -0.507 e. The quantitative estimate of drug-likeness (QED) is 0.829. The van der Waals surface area contributed by atoms with Crippen molar-refractivity contribution in [2.24, 2.45) is 0 Å². The number of aryl methyl sites for hydroxylation is 1. The number of phenolic OH excluding ortho intramolecular Hbond substituents is 1. The zero-order chi connectivity index (χ0) is 13.0. The van der Waals surface area contributed by atoms with Crippen LogP contribution in [0.25, 0.3) is 0 Å². The second-order valence-corrected chi connectivity index (χ2v) is 4.26. The van der Waals surface area contributed by atoms with Gasteiger partial charge in [-0.3, -0.25) is 4.79 Å². The number of hydrogen-bond acceptors (Lipinski definition) is 2. The van der Waals surface area contributed by atoms with Crippen molar-refractivity contribution in [2.45, 2.75) is 19.8 Å². The molecule has 0 aliphatic carbocycles. The summed E-state index contributed by atoms with van der Waals surface area (Å²) in [6.07, 6.45) is 1.72. The Morgan fingerprint density at radius 3 is 2.44 bits per heavy atom. The van der Waals surface area contributed by atoms with E-state index >= 15 is 0 Å². The molecule has 0 unspecified atom stereocenters. The van der Waals surface area contributed by atoms with Crippen LogP contribution < -0.4 is 0 Å². The summed E-state index contributed by atoms with van der Waals surface area (Å²) < 4.78 is 0. The molecule has 0 radical (unpaired) electrons. The van der Waals surface area contributed by atoms with Crippen LogP contribution in [-0.4, -0.2) is 10.9 Å². The molecule has 0 amide bonds. The van der Waals surface area contributed by atoms with Gasteiger partial charge in [-0.2, -0.15) is 0 Å². The van der Waals surface area contributed by atoms with E-state index in [1.54, 1.807) is 18.2 Å². The summed E-state index contributed by atoms with van der Waals surface area (Å²) in [6.45, 7) is 2.05. The largest absolute Gasteiger partial charge is 0.507 e. The molecule has 92 valence electrons. The van der Waals surface area contributed by atoms with Crippen LogP contribution in [0.4, 0.5) is 0 Å². The smallest absolute Gasteiger partial charge is 0.196 e. The molecular formula is C16H16O2. The van der Waals surface area contributed by atoms with Crippen molar-refractivity contribution in [3.63, 3.8) is 0 Å². The first kappa shape index (κ1) is 12.4. The summed E-state index contributed by atoms with van der Waals surface area (Å²) in [5, 5.41) is 10.1. The van der Waals surface area contributed by atoms with Crippen molar-refractivity contribution in [1.82, 2.24) is 0 Å². The Kier molecular flexibility index (Phi) is 3.78. The molecule has 2 aromatic rings. The number of aromatic hydroxyl groups is 1. The van der Waals surface area contributed by atoms with Crippen molar-refractivity contribution in [3.8, 4) is 5.75 Å². The van der Waals surface area contributed by atoms with E-state index in [-0.39, 0.29) is 11.5 Å². The Hall–Kier alpha value is -2.09. The fourth-order valence-corrected chi connectivity index (χ4v) is 1.99. The maximum absolute atomic E-state index is 12.3. The SMILES string of the molecule is CCCc1cccc(C(=O)c2ccccc2)c1O. The molecule has 0 aromatic heterocycles. The van der Waals surface area contributed by atoms with Crippen molar-refractivity contribution >= 4 is 5.78 Å². The summed E-state index contributed by atoms with van der Waals surface area (Å²) >= 11 is 0. The van der Waals surface area contributed by atoms with Gasteiger partial charge >= 0.3 is 0 Å². The average Bonchev–Trinajstić information content (AvgIpc) is 2.42. The van der Waals surface area contributed by atoms with Crippen LogP contribution in [0.3, 0.4) is 0 Å². The molecule has 0 aliphatic rings. The highest BCUT2D eigenvalue weighted by atomic mass is 16.3. The molecule has 2 aromatic carbocycles. The lowest BCUT2D eigenvalue weighted by Gasteiger charge is -2.08. The zero-order valence-electron chi connectivity index (χ0n) is 10.4. The molecule has 2 rings (SSSR count). The van der Waals surface area contributed by atoms with E-state index in [2.05, 4.69) is 0 Å². The Balaban J connectivity index is 2.40. The van der Waals surface area contributed by atoms with E-state index in [9.17, 15) is 9.90 Å². The minimum absolute atomic E-state index is 0.119. The molecule has 18 heavy (non-hydrogen) atoms. The van der Waals surface area contributed by atoms with Crippen molar-refractivity contribution in [2.75, 3.05) is 0 Å². The van der Waals surface area contributed by atoms with Gasteiger partial charge in [-0.05, 0) is 18.1 Å². The third-order valence-corrected chi connectivity index (χ3v) is 2.92. The summed E-state index contributed by atoms with van der Waals surface area (Å²) in [7, 11) is 0. The third kappa shape index (κ3) is 2.43. The number of ketones is 1. The molecule has 0 bridgehead atoms. The first-order chi connectivity index (χ1) is 8.74. The lowest BCUT2D eigenvalue weighted by molar-refractivity contribution is 0.103. The molecule has 0 aliphatic heterocycles. The summed E-state index contributed by atoms with van der Waals surface area (Å²) in [5.41, 5.74) is 1.81. The third-order valence-electron chi connectivity index (χ3n) is 2.92. The van der Waals surface area contributed by atoms with Crippen LogP contribution in [0.5, 0.6) is 5.75 Å². The van der Waals surface area contributed by atoms with Gasteiger partial charge in [0.15, 0.2) is 5.78 Å². The van der Waals surface area contributed by atoms with E-state index in [1.807, 2.05) is 37.3 Å². The lowest BCUT2D eigenvalue weighted by atomic mass is 9.98. The van der Waals surface area contributed by atoms with Gasteiger partial charge in [0.25, 0.3) is 0 Å². The van der Waals surface area contributed by atoms with Gasteiger partial charge in [0, 0.05) is 5.56 Å². The molecule has 2 heteroatoms. The highest BCUT2D eigenvalue weighted by Gasteiger charge is 2.15. The average molecular weight is 240 g/mol. The van der Waals surface area contributed by atoms with Gasteiger partial charge in [0.05, 0.1) is 5.56 Å². The monoisotopic (exact) mass is 240 g/mol. The van der Waals surface area contributed by atoms with Crippen LogP contribution in [0.1, 0.15) is 34.8 Å². The molecule has 1 N–H and O–H groups in total. The number of hydrogen-bond donors (Lipinski definition) is 1.